The normalized spacial score (nSPS) is 11.2. The standard InChI is InChI=1S/C11H22N4/c1-9(2)6-12-4-5-13-7-11-8-14-15-10(11)3/h8-9,12-13H,4-7H2,1-3H3,(H,14,15). The number of aryl methyl sites for hydroxylation is 1. The van der Waals surface area contributed by atoms with E-state index in [-0.39, 0.29) is 0 Å². The van der Waals surface area contributed by atoms with E-state index in [9.17, 15) is 0 Å². The van der Waals surface area contributed by atoms with Gasteiger partial charge in [-0.1, -0.05) is 13.8 Å². The van der Waals surface area contributed by atoms with Gasteiger partial charge in [0, 0.05) is 30.9 Å². The number of aromatic nitrogens is 2. The van der Waals surface area contributed by atoms with Gasteiger partial charge in [0.1, 0.15) is 0 Å². The topological polar surface area (TPSA) is 52.7 Å². The van der Waals surface area contributed by atoms with Gasteiger partial charge in [-0.3, -0.25) is 5.10 Å². The monoisotopic (exact) mass is 210 g/mol. The van der Waals surface area contributed by atoms with E-state index in [1.807, 2.05) is 13.1 Å². The molecule has 0 spiro atoms. The Kier molecular flexibility index (Phi) is 5.36. The Hall–Kier alpha value is -0.870. The second kappa shape index (κ2) is 6.58. The van der Waals surface area contributed by atoms with Crippen LogP contribution in [-0.2, 0) is 6.54 Å². The van der Waals surface area contributed by atoms with Crippen LogP contribution in [0.3, 0.4) is 0 Å². The lowest BCUT2D eigenvalue weighted by Crippen LogP contribution is -2.29. The van der Waals surface area contributed by atoms with Crippen molar-refractivity contribution in [2.24, 2.45) is 5.92 Å². The van der Waals surface area contributed by atoms with Crippen molar-refractivity contribution >= 4 is 0 Å². The predicted octanol–water partition coefficient (Wildman–Crippen LogP) is 1.05. The number of aromatic amines is 1. The van der Waals surface area contributed by atoms with E-state index < -0.39 is 0 Å². The van der Waals surface area contributed by atoms with E-state index in [0.717, 1.165) is 37.8 Å². The molecule has 0 aliphatic heterocycles. The Morgan fingerprint density at radius 1 is 1.33 bits per heavy atom. The van der Waals surface area contributed by atoms with Crippen LogP contribution in [-0.4, -0.2) is 29.8 Å². The molecule has 86 valence electrons. The van der Waals surface area contributed by atoms with Crippen molar-refractivity contribution in [1.29, 1.82) is 0 Å². The molecule has 0 unspecified atom stereocenters. The summed E-state index contributed by atoms with van der Waals surface area (Å²) in [7, 11) is 0. The van der Waals surface area contributed by atoms with Gasteiger partial charge >= 0.3 is 0 Å². The maximum Gasteiger partial charge on any atom is 0.0535 e. The number of hydrogen-bond donors (Lipinski definition) is 3. The molecule has 1 aromatic rings. The van der Waals surface area contributed by atoms with E-state index in [1.54, 1.807) is 0 Å². The first kappa shape index (κ1) is 12.2. The molecule has 0 saturated carbocycles. The van der Waals surface area contributed by atoms with Crippen LogP contribution in [0.25, 0.3) is 0 Å². The molecule has 15 heavy (non-hydrogen) atoms. The average Bonchev–Trinajstić information content (AvgIpc) is 2.57. The summed E-state index contributed by atoms with van der Waals surface area (Å²) in [5.74, 6) is 0.723. The molecule has 1 rings (SSSR count). The third kappa shape index (κ3) is 4.95. The Labute approximate surface area is 91.8 Å². The molecule has 0 bridgehead atoms. The smallest absolute Gasteiger partial charge is 0.0535 e. The lowest BCUT2D eigenvalue weighted by Gasteiger charge is -2.08. The zero-order chi connectivity index (χ0) is 11.1. The van der Waals surface area contributed by atoms with Crippen molar-refractivity contribution in [2.75, 3.05) is 19.6 Å². The van der Waals surface area contributed by atoms with Crippen molar-refractivity contribution in [3.63, 3.8) is 0 Å². The van der Waals surface area contributed by atoms with Crippen LogP contribution < -0.4 is 10.6 Å². The van der Waals surface area contributed by atoms with Gasteiger partial charge in [-0.15, -0.1) is 0 Å². The number of hydrogen-bond acceptors (Lipinski definition) is 3. The molecule has 1 aromatic heterocycles. The zero-order valence-corrected chi connectivity index (χ0v) is 9.93. The molecule has 0 aliphatic carbocycles. The Morgan fingerprint density at radius 2 is 2.07 bits per heavy atom. The van der Waals surface area contributed by atoms with E-state index >= 15 is 0 Å². The van der Waals surface area contributed by atoms with Gasteiger partial charge in [0.05, 0.1) is 6.20 Å². The summed E-state index contributed by atoms with van der Waals surface area (Å²) < 4.78 is 0. The van der Waals surface area contributed by atoms with Crippen LogP contribution in [0.2, 0.25) is 0 Å². The summed E-state index contributed by atoms with van der Waals surface area (Å²) in [5.41, 5.74) is 2.40. The summed E-state index contributed by atoms with van der Waals surface area (Å²) in [4.78, 5) is 0. The lowest BCUT2D eigenvalue weighted by molar-refractivity contribution is 0.535. The molecular formula is C11H22N4. The number of nitrogens with one attached hydrogen (secondary N) is 3. The van der Waals surface area contributed by atoms with Crippen LogP contribution >= 0.6 is 0 Å². The van der Waals surface area contributed by atoms with Crippen molar-refractivity contribution in [3.05, 3.63) is 17.5 Å². The van der Waals surface area contributed by atoms with E-state index in [4.69, 9.17) is 0 Å². The first-order valence-electron chi connectivity index (χ1n) is 5.60. The third-order valence-electron chi connectivity index (χ3n) is 2.28. The molecular weight excluding hydrogens is 188 g/mol. The zero-order valence-electron chi connectivity index (χ0n) is 9.93. The first-order valence-corrected chi connectivity index (χ1v) is 5.60. The summed E-state index contributed by atoms with van der Waals surface area (Å²) in [6, 6.07) is 0. The summed E-state index contributed by atoms with van der Waals surface area (Å²) in [5, 5.41) is 13.7. The highest BCUT2D eigenvalue weighted by molar-refractivity contribution is 5.13. The summed E-state index contributed by atoms with van der Waals surface area (Å²) in [6.07, 6.45) is 1.88. The predicted molar refractivity (Wildman–Crippen MR) is 62.7 cm³/mol. The van der Waals surface area contributed by atoms with Gasteiger partial charge < -0.3 is 10.6 Å². The van der Waals surface area contributed by atoms with Crippen LogP contribution in [0.4, 0.5) is 0 Å². The molecule has 0 saturated heterocycles. The van der Waals surface area contributed by atoms with Crippen molar-refractivity contribution in [3.8, 4) is 0 Å². The third-order valence-corrected chi connectivity index (χ3v) is 2.28. The molecule has 0 fully saturated rings. The molecule has 0 aromatic carbocycles. The molecule has 0 atom stereocenters. The quantitative estimate of drug-likeness (QED) is 0.590. The van der Waals surface area contributed by atoms with Gasteiger partial charge in [-0.25, -0.2) is 0 Å². The van der Waals surface area contributed by atoms with Gasteiger partial charge in [-0.05, 0) is 19.4 Å². The fourth-order valence-corrected chi connectivity index (χ4v) is 1.34. The Morgan fingerprint density at radius 3 is 2.67 bits per heavy atom. The van der Waals surface area contributed by atoms with Gasteiger partial charge in [0.15, 0.2) is 0 Å². The minimum absolute atomic E-state index is 0.723. The Balaban J connectivity index is 2.00. The van der Waals surface area contributed by atoms with Crippen molar-refractivity contribution in [2.45, 2.75) is 27.3 Å². The molecule has 4 nitrogen and oxygen atoms in total. The highest BCUT2D eigenvalue weighted by atomic mass is 15.1. The van der Waals surface area contributed by atoms with Crippen molar-refractivity contribution < 1.29 is 0 Å². The highest BCUT2D eigenvalue weighted by Gasteiger charge is 1.98. The fourth-order valence-electron chi connectivity index (χ4n) is 1.34. The number of nitrogens with zero attached hydrogens (tertiary/aromatic N) is 1. The minimum atomic E-state index is 0.723. The highest BCUT2D eigenvalue weighted by Crippen LogP contribution is 2.00. The first-order chi connectivity index (χ1) is 7.20. The van der Waals surface area contributed by atoms with Gasteiger partial charge in [-0.2, -0.15) is 5.10 Å². The SMILES string of the molecule is Cc1[nH]ncc1CNCCNCC(C)C. The lowest BCUT2D eigenvalue weighted by atomic mass is 10.2. The second-order valence-electron chi connectivity index (χ2n) is 4.29. The molecule has 0 radical (unpaired) electrons. The molecule has 4 heteroatoms. The molecule has 0 amide bonds. The minimum Gasteiger partial charge on any atom is -0.315 e. The van der Waals surface area contributed by atoms with E-state index in [1.165, 1.54) is 5.56 Å². The van der Waals surface area contributed by atoms with Crippen LogP contribution in [0.15, 0.2) is 6.20 Å². The fraction of sp³-hybridized carbons (Fsp3) is 0.727. The van der Waals surface area contributed by atoms with E-state index in [2.05, 4.69) is 34.7 Å². The van der Waals surface area contributed by atoms with Crippen molar-refractivity contribution in [1.82, 2.24) is 20.8 Å². The van der Waals surface area contributed by atoms with Crippen LogP contribution in [0.5, 0.6) is 0 Å². The van der Waals surface area contributed by atoms with Crippen LogP contribution in [0, 0.1) is 12.8 Å². The maximum absolute atomic E-state index is 3.98. The Bertz CT molecular complexity index is 267. The number of H-pyrrole nitrogens is 1. The number of rotatable bonds is 7. The largest absolute Gasteiger partial charge is 0.315 e. The van der Waals surface area contributed by atoms with Gasteiger partial charge in [0.25, 0.3) is 0 Å². The molecule has 0 aliphatic rings. The summed E-state index contributed by atoms with van der Waals surface area (Å²) >= 11 is 0. The van der Waals surface area contributed by atoms with Gasteiger partial charge in [0.2, 0.25) is 0 Å². The molecule has 3 N–H and O–H groups in total. The van der Waals surface area contributed by atoms with Crippen LogP contribution in [0.1, 0.15) is 25.1 Å². The average molecular weight is 210 g/mol. The molecule has 1 heterocycles. The van der Waals surface area contributed by atoms with E-state index in [0.29, 0.717) is 0 Å². The second-order valence-corrected chi connectivity index (χ2v) is 4.29. The summed E-state index contributed by atoms with van der Waals surface area (Å²) in [6.45, 7) is 10.5. The maximum atomic E-state index is 3.98.